The molecule has 0 fully saturated rings. The molecule has 0 bridgehead atoms. The average Bonchev–Trinajstić information content (AvgIpc) is 2.27. The van der Waals surface area contributed by atoms with Crippen molar-refractivity contribution in [1.82, 2.24) is 4.98 Å². The third-order valence-electron chi connectivity index (χ3n) is 2.25. The first kappa shape index (κ1) is 15.3. The predicted octanol–water partition coefficient (Wildman–Crippen LogP) is 2.88. The summed E-state index contributed by atoms with van der Waals surface area (Å²) in [4.78, 5) is 15.1. The summed E-state index contributed by atoms with van der Waals surface area (Å²) in [5, 5.41) is 1.63. The van der Waals surface area contributed by atoms with Crippen LogP contribution in [0, 0.1) is 13.8 Å². The first-order chi connectivity index (χ1) is 8.60. The molecule has 19 heavy (non-hydrogen) atoms. The maximum atomic E-state index is 13.1. The van der Waals surface area contributed by atoms with E-state index in [4.69, 9.17) is 0 Å². The number of nitrogens with one attached hydrogen (secondary N) is 1. The molecule has 0 aliphatic heterocycles. The lowest BCUT2D eigenvalue weighted by atomic mass is 10.1. The Hall–Kier alpha value is -1.73. The molecule has 0 radical (unpaired) electrons. The van der Waals surface area contributed by atoms with Crippen LogP contribution >= 0.6 is 0 Å². The second kappa shape index (κ2) is 5.10. The fourth-order valence-electron chi connectivity index (χ4n) is 1.37. The van der Waals surface area contributed by atoms with Crippen molar-refractivity contribution >= 4 is 11.6 Å². The SMILES string of the molecule is Cc1cc(NC(=O)C(F)(F)C(F)(F)CF)cc(C)n1. The Morgan fingerprint density at radius 2 is 1.68 bits per heavy atom. The Morgan fingerprint density at radius 3 is 2.11 bits per heavy atom. The minimum atomic E-state index is -5.13. The topological polar surface area (TPSA) is 42.0 Å². The van der Waals surface area contributed by atoms with Gasteiger partial charge in [0.15, 0.2) is 6.67 Å². The maximum Gasteiger partial charge on any atom is 0.389 e. The Balaban J connectivity index is 2.96. The van der Waals surface area contributed by atoms with Gasteiger partial charge in [0.05, 0.1) is 0 Å². The minimum Gasteiger partial charge on any atom is -0.321 e. The van der Waals surface area contributed by atoms with Crippen LogP contribution in [0.1, 0.15) is 11.4 Å². The van der Waals surface area contributed by atoms with E-state index in [2.05, 4.69) is 4.98 Å². The van der Waals surface area contributed by atoms with Gasteiger partial charge in [0.2, 0.25) is 0 Å². The van der Waals surface area contributed by atoms with Crippen LogP contribution in [0.25, 0.3) is 0 Å². The average molecular weight is 282 g/mol. The van der Waals surface area contributed by atoms with Gasteiger partial charge in [0.1, 0.15) is 0 Å². The highest BCUT2D eigenvalue weighted by atomic mass is 19.3. The number of pyridine rings is 1. The summed E-state index contributed by atoms with van der Waals surface area (Å²) in [5.74, 6) is -12.4. The van der Waals surface area contributed by atoms with Crippen LogP contribution in [0.4, 0.5) is 27.6 Å². The minimum absolute atomic E-state index is 0.107. The zero-order valence-electron chi connectivity index (χ0n) is 10.1. The number of carbonyl (C=O) groups is 1. The largest absolute Gasteiger partial charge is 0.389 e. The van der Waals surface area contributed by atoms with Crippen molar-refractivity contribution in [3.8, 4) is 0 Å². The van der Waals surface area contributed by atoms with Gasteiger partial charge >= 0.3 is 17.8 Å². The molecule has 1 amide bonds. The Bertz CT molecular complexity index is 470. The van der Waals surface area contributed by atoms with E-state index in [0.717, 1.165) is 0 Å². The van der Waals surface area contributed by atoms with Gasteiger partial charge in [-0.25, -0.2) is 4.39 Å². The summed E-state index contributed by atoms with van der Waals surface area (Å²) >= 11 is 0. The van der Waals surface area contributed by atoms with E-state index < -0.39 is 24.4 Å². The summed E-state index contributed by atoms with van der Waals surface area (Å²) in [6.07, 6.45) is 0. The zero-order valence-corrected chi connectivity index (χ0v) is 10.1. The highest BCUT2D eigenvalue weighted by Crippen LogP contribution is 2.35. The van der Waals surface area contributed by atoms with Gasteiger partial charge in [-0.2, -0.15) is 17.6 Å². The number of rotatable bonds is 4. The van der Waals surface area contributed by atoms with Crippen molar-refractivity contribution in [2.24, 2.45) is 0 Å². The van der Waals surface area contributed by atoms with Crippen molar-refractivity contribution in [3.63, 3.8) is 0 Å². The molecule has 0 unspecified atom stereocenters. The van der Waals surface area contributed by atoms with Crippen LogP contribution in [-0.4, -0.2) is 29.4 Å². The van der Waals surface area contributed by atoms with Gasteiger partial charge in [-0.15, -0.1) is 0 Å². The smallest absolute Gasteiger partial charge is 0.321 e. The fraction of sp³-hybridized carbons (Fsp3) is 0.455. The van der Waals surface area contributed by atoms with Crippen LogP contribution < -0.4 is 5.32 Å². The monoisotopic (exact) mass is 282 g/mol. The third kappa shape index (κ3) is 3.18. The van der Waals surface area contributed by atoms with Crippen molar-refractivity contribution in [2.45, 2.75) is 25.7 Å². The van der Waals surface area contributed by atoms with Crippen molar-refractivity contribution in [3.05, 3.63) is 23.5 Å². The van der Waals surface area contributed by atoms with E-state index in [1.165, 1.54) is 26.0 Å². The summed E-state index contributed by atoms with van der Waals surface area (Å²) < 4.78 is 63.3. The van der Waals surface area contributed by atoms with E-state index in [0.29, 0.717) is 11.4 Å². The van der Waals surface area contributed by atoms with Crippen LogP contribution in [-0.2, 0) is 4.79 Å². The quantitative estimate of drug-likeness (QED) is 0.863. The normalized spacial score (nSPS) is 12.4. The number of anilines is 1. The number of aromatic nitrogens is 1. The molecule has 1 heterocycles. The van der Waals surface area contributed by atoms with Crippen molar-refractivity contribution in [2.75, 3.05) is 12.0 Å². The molecule has 0 aliphatic rings. The van der Waals surface area contributed by atoms with E-state index in [9.17, 15) is 26.7 Å². The predicted molar refractivity (Wildman–Crippen MR) is 58.2 cm³/mol. The number of amides is 1. The number of nitrogens with zero attached hydrogens (tertiary/aromatic N) is 1. The summed E-state index contributed by atoms with van der Waals surface area (Å²) in [5.41, 5.74) is 0.719. The number of alkyl halides is 5. The van der Waals surface area contributed by atoms with Gasteiger partial charge in [0, 0.05) is 17.1 Å². The van der Waals surface area contributed by atoms with Crippen molar-refractivity contribution in [1.29, 1.82) is 0 Å². The van der Waals surface area contributed by atoms with Gasteiger partial charge in [-0.3, -0.25) is 9.78 Å². The molecule has 3 nitrogen and oxygen atoms in total. The Morgan fingerprint density at radius 1 is 1.21 bits per heavy atom. The second-order valence-electron chi connectivity index (χ2n) is 4.01. The maximum absolute atomic E-state index is 13.1. The van der Waals surface area contributed by atoms with Gasteiger partial charge in [-0.05, 0) is 26.0 Å². The van der Waals surface area contributed by atoms with Gasteiger partial charge in [0.25, 0.3) is 0 Å². The molecule has 1 N–H and O–H groups in total. The molecule has 0 saturated carbocycles. The second-order valence-corrected chi connectivity index (χ2v) is 4.01. The number of halogens is 5. The number of hydrogen-bond donors (Lipinski definition) is 1. The lowest BCUT2D eigenvalue weighted by Gasteiger charge is -2.23. The van der Waals surface area contributed by atoms with Crippen molar-refractivity contribution < 1.29 is 26.7 Å². The molecular weight excluding hydrogens is 271 g/mol. The number of carbonyl (C=O) groups excluding carboxylic acids is 1. The number of hydrogen-bond acceptors (Lipinski definition) is 2. The molecule has 8 heteroatoms. The van der Waals surface area contributed by atoms with Crippen LogP contribution in [0.15, 0.2) is 12.1 Å². The van der Waals surface area contributed by atoms with Gasteiger partial charge in [-0.1, -0.05) is 0 Å². The molecule has 0 aliphatic carbocycles. The van der Waals surface area contributed by atoms with Crippen LogP contribution in [0.5, 0.6) is 0 Å². The first-order valence-electron chi connectivity index (χ1n) is 5.18. The van der Waals surface area contributed by atoms with Crippen LogP contribution in [0.3, 0.4) is 0 Å². The Labute approximate surface area is 105 Å². The molecule has 1 aromatic rings. The molecule has 1 aromatic heterocycles. The lowest BCUT2D eigenvalue weighted by molar-refractivity contribution is -0.210. The highest BCUT2D eigenvalue weighted by molar-refractivity contribution is 5.96. The fourth-order valence-corrected chi connectivity index (χ4v) is 1.37. The zero-order chi connectivity index (χ0) is 14.8. The summed E-state index contributed by atoms with van der Waals surface area (Å²) in [6.45, 7) is 0.454. The summed E-state index contributed by atoms with van der Waals surface area (Å²) in [6, 6.07) is 2.46. The first-order valence-corrected chi connectivity index (χ1v) is 5.18. The standard InChI is InChI=1S/C11H11F5N2O/c1-6-3-8(4-7(2)17-6)18-9(19)11(15,16)10(13,14)5-12/h3-4H,5H2,1-2H3,(H,17,18,19). The molecule has 1 rings (SSSR count). The van der Waals surface area contributed by atoms with E-state index in [-0.39, 0.29) is 5.69 Å². The van der Waals surface area contributed by atoms with Gasteiger partial charge < -0.3 is 5.32 Å². The molecule has 0 aromatic carbocycles. The molecule has 0 saturated heterocycles. The van der Waals surface area contributed by atoms with Crippen LogP contribution in [0.2, 0.25) is 0 Å². The molecule has 0 spiro atoms. The lowest BCUT2D eigenvalue weighted by Crippen LogP contribution is -2.51. The summed E-state index contributed by atoms with van der Waals surface area (Å²) in [7, 11) is 0. The molecule has 0 atom stereocenters. The highest BCUT2D eigenvalue weighted by Gasteiger charge is 2.62. The number of aryl methyl sites for hydroxylation is 2. The van der Waals surface area contributed by atoms with E-state index in [1.807, 2.05) is 0 Å². The van der Waals surface area contributed by atoms with E-state index in [1.54, 1.807) is 5.32 Å². The van der Waals surface area contributed by atoms with E-state index >= 15 is 0 Å². The molecular formula is C11H11F5N2O. The molecule has 106 valence electrons. The third-order valence-corrected chi connectivity index (χ3v) is 2.25. The Kier molecular flexibility index (Phi) is 4.12.